The van der Waals surface area contributed by atoms with Crippen molar-refractivity contribution < 1.29 is 14.3 Å². The molecule has 0 saturated heterocycles. The first-order valence-electron chi connectivity index (χ1n) is 11.9. The molecule has 3 N–H and O–H groups in total. The van der Waals surface area contributed by atoms with Gasteiger partial charge in [-0.3, -0.25) is 0 Å². The summed E-state index contributed by atoms with van der Waals surface area (Å²) in [6.07, 6.45) is 0.0938. The third kappa shape index (κ3) is 5.34. The first kappa shape index (κ1) is 23.1. The van der Waals surface area contributed by atoms with Gasteiger partial charge in [0.2, 0.25) is 0 Å². The topological polar surface area (TPSA) is 73.6 Å². The summed E-state index contributed by atoms with van der Waals surface area (Å²) in [5.41, 5.74) is 12.1. The van der Waals surface area contributed by atoms with Crippen LogP contribution in [-0.2, 0) is 4.74 Å². The van der Waals surface area contributed by atoms with Gasteiger partial charge in [-0.25, -0.2) is 4.79 Å². The van der Waals surface area contributed by atoms with Crippen molar-refractivity contribution in [2.75, 3.05) is 18.9 Å². The van der Waals surface area contributed by atoms with E-state index in [-0.39, 0.29) is 5.92 Å². The van der Waals surface area contributed by atoms with Crippen LogP contribution in [0.1, 0.15) is 29.0 Å². The molecule has 0 unspecified atom stereocenters. The molecule has 4 aromatic carbocycles. The van der Waals surface area contributed by atoms with Crippen LogP contribution in [0, 0.1) is 11.8 Å². The Morgan fingerprint density at radius 2 is 1.39 bits per heavy atom. The van der Waals surface area contributed by atoms with Gasteiger partial charge in [-0.15, -0.1) is 0 Å². The predicted octanol–water partition coefficient (Wildman–Crippen LogP) is 6.34. The van der Waals surface area contributed by atoms with Gasteiger partial charge in [0, 0.05) is 30.1 Å². The number of nitrogens with two attached hydrogens (primary N) is 1. The molecule has 0 atom stereocenters. The first-order valence-corrected chi connectivity index (χ1v) is 11.9. The fraction of sp³-hybridized carbons (Fsp3) is 0.129. The van der Waals surface area contributed by atoms with Crippen LogP contribution in [0.15, 0.2) is 97.1 Å². The predicted molar refractivity (Wildman–Crippen MR) is 142 cm³/mol. The molecule has 178 valence electrons. The number of amides is 1. The summed E-state index contributed by atoms with van der Waals surface area (Å²) in [5.74, 6) is 7.68. The highest BCUT2D eigenvalue weighted by Crippen LogP contribution is 2.44. The second-order valence-electron chi connectivity index (χ2n) is 8.50. The standard InChI is InChI=1S/C31H26N2O3/c32-23-14-18-25(19-15-23)36-24-16-12-22(13-17-24)7-5-6-20-33-31(34)35-21-30-28-10-3-1-8-26(28)27-9-2-4-11-29(27)30/h1-4,8-19,30H,6,20-21,32H2,(H,33,34). The van der Waals surface area contributed by atoms with E-state index in [0.29, 0.717) is 25.3 Å². The Hall–Kier alpha value is -4.69. The third-order valence-corrected chi connectivity index (χ3v) is 6.07. The number of hydrogen-bond donors (Lipinski definition) is 2. The summed E-state index contributed by atoms with van der Waals surface area (Å²) < 4.78 is 11.3. The number of benzene rings is 4. The van der Waals surface area contributed by atoms with Crippen molar-refractivity contribution in [1.29, 1.82) is 0 Å². The largest absolute Gasteiger partial charge is 0.457 e. The molecule has 1 aliphatic carbocycles. The minimum atomic E-state index is -0.428. The van der Waals surface area contributed by atoms with E-state index in [1.54, 1.807) is 12.1 Å². The Labute approximate surface area is 210 Å². The van der Waals surface area contributed by atoms with Gasteiger partial charge in [0.05, 0.1) is 0 Å². The van der Waals surface area contributed by atoms with Gasteiger partial charge in [-0.05, 0) is 70.8 Å². The monoisotopic (exact) mass is 474 g/mol. The number of fused-ring (bicyclic) bond motifs is 3. The number of carbonyl (C=O) groups excluding carboxylic acids is 1. The molecule has 36 heavy (non-hydrogen) atoms. The molecule has 5 heteroatoms. The fourth-order valence-corrected chi connectivity index (χ4v) is 4.32. The van der Waals surface area contributed by atoms with Crippen LogP contribution < -0.4 is 15.8 Å². The number of ether oxygens (including phenoxy) is 2. The summed E-state index contributed by atoms with van der Waals surface area (Å²) in [5, 5.41) is 2.79. The maximum Gasteiger partial charge on any atom is 0.407 e. The summed E-state index contributed by atoms with van der Waals surface area (Å²) in [6.45, 7) is 0.721. The van der Waals surface area contributed by atoms with E-state index in [1.807, 2.05) is 60.7 Å². The summed E-state index contributed by atoms with van der Waals surface area (Å²) in [4.78, 5) is 12.3. The highest BCUT2D eigenvalue weighted by molar-refractivity contribution is 5.79. The average Bonchev–Trinajstić information content (AvgIpc) is 3.23. The molecule has 0 spiro atoms. The zero-order valence-corrected chi connectivity index (χ0v) is 19.7. The van der Waals surface area contributed by atoms with E-state index in [1.165, 1.54) is 22.3 Å². The van der Waals surface area contributed by atoms with Crippen LogP contribution in [-0.4, -0.2) is 19.2 Å². The van der Waals surface area contributed by atoms with Gasteiger partial charge in [-0.1, -0.05) is 60.4 Å². The van der Waals surface area contributed by atoms with Gasteiger partial charge in [0.25, 0.3) is 0 Å². The molecule has 1 amide bonds. The fourth-order valence-electron chi connectivity index (χ4n) is 4.32. The van der Waals surface area contributed by atoms with E-state index < -0.39 is 6.09 Å². The second kappa shape index (κ2) is 10.7. The highest BCUT2D eigenvalue weighted by Gasteiger charge is 2.28. The van der Waals surface area contributed by atoms with Crippen LogP contribution in [0.25, 0.3) is 11.1 Å². The molecule has 0 fully saturated rings. The minimum absolute atomic E-state index is 0.0508. The molecule has 5 nitrogen and oxygen atoms in total. The number of carbonyl (C=O) groups is 1. The quantitative estimate of drug-likeness (QED) is 0.194. The molecular formula is C31H26N2O3. The SMILES string of the molecule is Nc1ccc(Oc2ccc(C#CCCNC(=O)OCC3c4ccccc4-c4ccccc43)cc2)cc1. The van der Waals surface area contributed by atoms with E-state index >= 15 is 0 Å². The maximum absolute atomic E-state index is 12.3. The number of hydrogen-bond acceptors (Lipinski definition) is 4. The normalized spacial score (nSPS) is 11.6. The van der Waals surface area contributed by atoms with Crippen molar-refractivity contribution >= 4 is 11.8 Å². The third-order valence-electron chi connectivity index (χ3n) is 6.07. The lowest BCUT2D eigenvalue weighted by Crippen LogP contribution is -2.26. The van der Waals surface area contributed by atoms with Crippen LogP contribution in [0.2, 0.25) is 0 Å². The highest BCUT2D eigenvalue weighted by atomic mass is 16.5. The maximum atomic E-state index is 12.3. The van der Waals surface area contributed by atoms with Gasteiger partial charge < -0.3 is 20.5 Å². The van der Waals surface area contributed by atoms with Crippen molar-refractivity contribution in [3.05, 3.63) is 114 Å². The molecule has 4 aromatic rings. The van der Waals surface area contributed by atoms with E-state index in [2.05, 4.69) is 41.4 Å². The first-order chi connectivity index (χ1) is 17.7. The molecule has 5 rings (SSSR count). The summed E-state index contributed by atoms with van der Waals surface area (Å²) in [7, 11) is 0. The average molecular weight is 475 g/mol. The lowest BCUT2D eigenvalue weighted by Gasteiger charge is -2.14. The van der Waals surface area contributed by atoms with Crippen molar-refractivity contribution in [3.8, 4) is 34.5 Å². The molecule has 0 saturated carbocycles. The van der Waals surface area contributed by atoms with E-state index in [0.717, 1.165) is 17.1 Å². The number of nitrogens with one attached hydrogen (secondary N) is 1. The van der Waals surface area contributed by atoms with Crippen LogP contribution in [0.3, 0.4) is 0 Å². The molecule has 0 heterocycles. The van der Waals surface area contributed by atoms with Crippen molar-refractivity contribution in [2.24, 2.45) is 0 Å². The molecular weight excluding hydrogens is 448 g/mol. The Morgan fingerprint density at radius 1 is 0.806 bits per heavy atom. The van der Waals surface area contributed by atoms with Gasteiger partial charge in [0.1, 0.15) is 18.1 Å². The number of rotatable bonds is 6. The smallest absolute Gasteiger partial charge is 0.407 e. The number of nitrogen functional groups attached to an aromatic ring is 1. The molecule has 0 aliphatic heterocycles. The Bertz CT molecular complexity index is 1370. The summed E-state index contributed by atoms with van der Waals surface area (Å²) >= 11 is 0. The second-order valence-corrected chi connectivity index (χ2v) is 8.50. The minimum Gasteiger partial charge on any atom is -0.457 e. The van der Waals surface area contributed by atoms with Gasteiger partial charge in [-0.2, -0.15) is 0 Å². The van der Waals surface area contributed by atoms with Crippen LogP contribution >= 0.6 is 0 Å². The molecule has 0 aromatic heterocycles. The van der Waals surface area contributed by atoms with Crippen LogP contribution in [0.4, 0.5) is 10.5 Å². The number of anilines is 1. The Balaban J connectivity index is 1.07. The van der Waals surface area contributed by atoms with Crippen LogP contribution in [0.5, 0.6) is 11.5 Å². The Morgan fingerprint density at radius 3 is 2.03 bits per heavy atom. The number of alkyl carbamates (subject to hydrolysis) is 1. The molecule has 0 radical (unpaired) electrons. The van der Waals surface area contributed by atoms with E-state index in [9.17, 15) is 4.79 Å². The Kier molecular flexibility index (Phi) is 6.86. The van der Waals surface area contributed by atoms with Crippen molar-refractivity contribution in [2.45, 2.75) is 12.3 Å². The molecule has 1 aliphatic rings. The van der Waals surface area contributed by atoms with E-state index in [4.69, 9.17) is 15.2 Å². The zero-order valence-electron chi connectivity index (χ0n) is 19.7. The zero-order chi connectivity index (χ0) is 24.7. The van der Waals surface area contributed by atoms with Gasteiger partial charge >= 0.3 is 6.09 Å². The lowest BCUT2D eigenvalue weighted by atomic mass is 9.98. The van der Waals surface area contributed by atoms with Crippen molar-refractivity contribution in [1.82, 2.24) is 5.32 Å². The molecule has 0 bridgehead atoms. The van der Waals surface area contributed by atoms with Gasteiger partial charge in [0.15, 0.2) is 0 Å². The lowest BCUT2D eigenvalue weighted by molar-refractivity contribution is 0.143. The summed E-state index contributed by atoms with van der Waals surface area (Å²) in [6, 6.07) is 31.4. The van der Waals surface area contributed by atoms with Crippen molar-refractivity contribution in [3.63, 3.8) is 0 Å².